The van der Waals surface area contributed by atoms with Crippen LogP contribution >= 0.6 is 12.4 Å². The molecule has 0 aromatic heterocycles. The fourth-order valence-corrected chi connectivity index (χ4v) is 2.25. The number of carbonyl (C=O) groups is 1. The third-order valence-corrected chi connectivity index (χ3v) is 3.37. The molecule has 1 fully saturated rings. The van der Waals surface area contributed by atoms with Gasteiger partial charge in [0.2, 0.25) is 5.91 Å². The standard InChI is InChI=1S/C14H21N3O.ClH/c1-11-10-17(9-8-15-11)12(2)14(18)16-13-6-4-3-5-7-13;/h3-7,11-12,15H,8-10H2,1-2H3,(H,16,18);1H. The number of halogens is 1. The minimum atomic E-state index is -0.0882. The van der Waals surface area contributed by atoms with E-state index in [0.717, 1.165) is 25.3 Å². The Bertz CT molecular complexity index is 399. The summed E-state index contributed by atoms with van der Waals surface area (Å²) in [5, 5.41) is 6.33. The van der Waals surface area contributed by atoms with Crippen molar-refractivity contribution < 1.29 is 4.79 Å². The van der Waals surface area contributed by atoms with Crippen molar-refractivity contribution in [2.75, 3.05) is 25.0 Å². The molecule has 2 N–H and O–H groups in total. The number of nitrogens with zero attached hydrogens (tertiary/aromatic N) is 1. The second-order valence-corrected chi connectivity index (χ2v) is 4.88. The van der Waals surface area contributed by atoms with Gasteiger partial charge in [-0.05, 0) is 26.0 Å². The van der Waals surface area contributed by atoms with Crippen LogP contribution in [0.5, 0.6) is 0 Å². The van der Waals surface area contributed by atoms with Crippen molar-refractivity contribution in [3.63, 3.8) is 0 Å². The van der Waals surface area contributed by atoms with Crippen LogP contribution in [0.4, 0.5) is 5.69 Å². The number of para-hydroxylation sites is 1. The summed E-state index contributed by atoms with van der Waals surface area (Å²) in [4.78, 5) is 14.4. The second-order valence-electron chi connectivity index (χ2n) is 4.88. The van der Waals surface area contributed by atoms with Crippen LogP contribution in [0.3, 0.4) is 0 Å². The number of benzene rings is 1. The largest absolute Gasteiger partial charge is 0.325 e. The van der Waals surface area contributed by atoms with Gasteiger partial charge in [0, 0.05) is 31.4 Å². The summed E-state index contributed by atoms with van der Waals surface area (Å²) >= 11 is 0. The van der Waals surface area contributed by atoms with Crippen molar-refractivity contribution in [1.82, 2.24) is 10.2 Å². The quantitative estimate of drug-likeness (QED) is 0.888. The lowest BCUT2D eigenvalue weighted by molar-refractivity contribution is -0.121. The van der Waals surface area contributed by atoms with Gasteiger partial charge >= 0.3 is 0 Å². The fraction of sp³-hybridized carbons (Fsp3) is 0.500. The molecule has 0 radical (unpaired) electrons. The summed E-state index contributed by atoms with van der Waals surface area (Å²) in [5.41, 5.74) is 0.859. The maximum atomic E-state index is 12.1. The molecule has 106 valence electrons. The van der Waals surface area contributed by atoms with E-state index in [1.807, 2.05) is 37.3 Å². The molecule has 2 unspecified atom stereocenters. The highest BCUT2D eigenvalue weighted by molar-refractivity contribution is 5.94. The van der Waals surface area contributed by atoms with Crippen LogP contribution in [0.25, 0.3) is 0 Å². The first kappa shape index (κ1) is 16.0. The summed E-state index contributed by atoms with van der Waals surface area (Å²) in [6.45, 7) is 6.91. The summed E-state index contributed by atoms with van der Waals surface area (Å²) in [7, 11) is 0. The normalized spacial score (nSPS) is 21.3. The Kier molecular flexibility index (Phi) is 6.28. The molecule has 1 aliphatic heterocycles. The first-order chi connectivity index (χ1) is 8.66. The Morgan fingerprint density at radius 2 is 2.11 bits per heavy atom. The van der Waals surface area contributed by atoms with E-state index in [4.69, 9.17) is 0 Å². The number of anilines is 1. The van der Waals surface area contributed by atoms with Gasteiger partial charge in [-0.15, -0.1) is 12.4 Å². The summed E-state index contributed by atoms with van der Waals surface area (Å²) < 4.78 is 0. The zero-order chi connectivity index (χ0) is 13.0. The smallest absolute Gasteiger partial charge is 0.241 e. The van der Waals surface area contributed by atoms with Crippen LogP contribution in [0, 0.1) is 0 Å². The van der Waals surface area contributed by atoms with Crippen molar-refractivity contribution >= 4 is 24.0 Å². The molecule has 5 heteroatoms. The average Bonchev–Trinajstić information content (AvgIpc) is 2.39. The molecule has 0 saturated carbocycles. The molecule has 1 aromatic carbocycles. The molecule has 2 rings (SSSR count). The van der Waals surface area contributed by atoms with Gasteiger partial charge in [-0.3, -0.25) is 9.69 Å². The maximum absolute atomic E-state index is 12.1. The zero-order valence-electron chi connectivity index (χ0n) is 11.4. The maximum Gasteiger partial charge on any atom is 0.241 e. The lowest BCUT2D eigenvalue weighted by Crippen LogP contribution is -2.54. The van der Waals surface area contributed by atoms with Crippen molar-refractivity contribution in [2.24, 2.45) is 0 Å². The molecule has 0 spiro atoms. The molecular weight excluding hydrogens is 262 g/mol. The number of rotatable bonds is 3. The monoisotopic (exact) mass is 283 g/mol. The highest BCUT2D eigenvalue weighted by atomic mass is 35.5. The highest BCUT2D eigenvalue weighted by Crippen LogP contribution is 2.09. The van der Waals surface area contributed by atoms with E-state index in [9.17, 15) is 4.79 Å². The number of carbonyl (C=O) groups excluding carboxylic acids is 1. The molecule has 1 amide bonds. The molecule has 1 aliphatic rings. The number of hydrogen-bond acceptors (Lipinski definition) is 3. The van der Waals surface area contributed by atoms with E-state index in [1.54, 1.807) is 0 Å². The molecule has 1 heterocycles. The third kappa shape index (κ3) is 4.49. The van der Waals surface area contributed by atoms with Crippen molar-refractivity contribution in [1.29, 1.82) is 0 Å². The summed E-state index contributed by atoms with van der Waals surface area (Å²) in [6.07, 6.45) is 0. The van der Waals surface area contributed by atoms with Crippen LogP contribution < -0.4 is 10.6 Å². The fourth-order valence-electron chi connectivity index (χ4n) is 2.25. The predicted molar refractivity (Wildman–Crippen MR) is 80.8 cm³/mol. The van der Waals surface area contributed by atoms with Crippen LogP contribution in [0.1, 0.15) is 13.8 Å². The average molecular weight is 284 g/mol. The molecule has 0 aliphatic carbocycles. The van der Waals surface area contributed by atoms with Gasteiger partial charge in [0.15, 0.2) is 0 Å². The van der Waals surface area contributed by atoms with E-state index in [2.05, 4.69) is 22.5 Å². The van der Waals surface area contributed by atoms with E-state index < -0.39 is 0 Å². The first-order valence-electron chi connectivity index (χ1n) is 6.50. The van der Waals surface area contributed by atoms with Gasteiger partial charge in [-0.25, -0.2) is 0 Å². The van der Waals surface area contributed by atoms with Gasteiger partial charge in [0.05, 0.1) is 6.04 Å². The lowest BCUT2D eigenvalue weighted by Gasteiger charge is -2.35. The Labute approximate surface area is 121 Å². The van der Waals surface area contributed by atoms with Crippen LogP contribution in [0.15, 0.2) is 30.3 Å². The number of nitrogens with one attached hydrogen (secondary N) is 2. The van der Waals surface area contributed by atoms with Gasteiger partial charge in [0.25, 0.3) is 0 Å². The number of hydrogen-bond donors (Lipinski definition) is 2. The Morgan fingerprint density at radius 3 is 2.74 bits per heavy atom. The first-order valence-corrected chi connectivity index (χ1v) is 6.50. The van der Waals surface area contributed by atoms with Crippen molar-refractivity contribution in [3.8, 4) is 0 Å². The second kappa shape index (κ2) is 7.48. The number of amides is 1. The van der Waals surface area contributed by atoms with Crippen LogP contribution in [0.2, 0.25) is 0 Å². The Hall–Kier alpha value is -1.10. The van der Waals surface area contributed by atoms with E-state index in [1.165, 1.54) is 0 Å². The number of piperazine rings is 1. The lowest BCUT2D eigenvalue weighted by atomic mass is 10.1. The van der Waals surface area contributed by atoms with Gasteiger partial charge in [-0.1, -0.05) is 18.2 Å². The molecule has 4 nitrogen and oxygen atoms in total. The minimum Gasteiger partial charge on any atom is -0.325 e. The molecular formula is C14H22ClN3O. The summed E-state index contributed by atoms with van der Waals surface area (Å²) in [5.74, 6) is 0.0651. The Morgan fingerprint density at radius 1 is 1.42 bits per heavy atom. The highest BCUT2D eigenvalue weighted by Gasteiger charge is 2.25. The van der Waals surface area contributed by atoms with Crippen molar-refractivity contribution in [3.05, 3.63) is 30.3 Å². The summed E-state index contributed by atoms with van der Waals surface area (Å²) in [6, 6.07) is 9.97. The van der Waals surface area contributed by atoms with Crippen LogP contribution in [-0.2, 0) is 4.79 Å². The zero-order valence-corrected chi connectivity index (χ0v) is 12.2. The van der Waals surface area contributed by atoms with E-state index >= 15 is 0 Å². The van der Waals surface area contributed by atoms with E-state index in [0.29, 0.717) is 6.04 Å². The SMILES string of the molecule is CC1CN(C(C)C(=O)Nc2ccccc2)CCN1.Cl. The molecule has 1 aromatic rings. The predicted octanol–water partition coefficient (Wildman–Crippen LogP) is 1.73. The molecule has 1 saturated heterocycles. The Balaban J connectivity index is 0.00000180. The van der Waals surface area contributed by atoms with Crippen molar-refractivity contribution in [2.45, 2.75) is 25.9 Å². The molecule has 0 bridgehead atoms. The van der Waals surface area contributed by atoms with Gasteiger partial charge in [0.1, 0.15) is 0 Å². The molecule has 2 atom stereocenters. The van der Waals surface area contributed by atoms with E-state index in [-0.39, 0.29) is 24.4 Å². The van der Waals surface area contributed by atoms with Crippen LogP contribution in [-0.4, -0.2) is 42.5 Å². The third-order valence-electron chi connectivity index (χ3n) is 3.37. The van der Waals surface area contributed by atoms with Gasteiger partial charge in [-0.2, -0.15) is 0 Å². The van der Waals surface area contributed by atoms with Gasteiger partial charge < -0.3 is 10.6 Å². The topological polar surface area (TPSA) is 44.4 Å². The minimum absolute atomic E-state index is 0. The molecule has 19 heavy (non-hydrogen) atoms.